The molecule has 0 amide bonds. The summed E-state index contributed by atoms with van der Waals surface area (Å²) in [6.07, 6.45) is 6.83. The highest BCUT2D eigenvalue weighted by atomic mass is 16.2. The molecule has 0 saturated heterocycles. The van der Waals surface area contributed by atoms with Crippen molar-refractivity contribution in [3.63, 3.8) is 0 Å². The lowest BCUT2D eigenvalue weighted by Crippen LogP contribution is -2.31. The van der Waals surface area contributed by atoms with Crippen molar-refractivity contribution < 1.29 is 4.79 Å². The molecule has 4 heteroatoms. The summed E-state index contributed by atoms with van der Waals surface area (Å²) in [5.74, 6) is -0.161. The van der Waals surface area contributed by atoms with Gasteiger partial charge in [-0.15, -0.1) is 0 Å². The van der Waals surface area contributed by atoms with Crippen molar-refractivity contribution in [1.82, 2.24) is 8.97 Å². The van der Waals surface area contributed by atoms with Gasteiger partial charge < -0.3 is 0 Å². The number of allylic oxidation sites excluding steroid dienone is 2. The molecule has 0 N–H and O–H groups in total. The molecule has 1 aliphatic heterocycles. The number of aryl methyl sites for hydroxylation is 2. The van der Waals surface area contributed by atoms with Crippen LogP contribution in [0.3, 0.4) is 0 Å². The van der Waals surface area contributed by atoms with Crippen LogP contribution in [-0.4, -0.2) is 14.9 Å². The minimum atomic E-state index is -0.238. The Hall–Kier alpha value is -2.10. The van der Waals surface area contributed by atoms with Gasteiger partial charge in [-0.1, -0.05) is 32.6 Å². The Kier molecular flexibility index (Phi) is 4.48. The van der Waals surface area contributed by atoms with Gasteiger partial charge in [0.25, 0.3) is 5.91 Å². The number of fused-ring (bicyclic) bond motifs is 2. The third-order valence-corrected chi connectivity index (χ3v) is 5.14. The van der Waals surface area contributed by atoms with E-state index in [9.17, 15) is 9.59 Å². The third kappa shape index (κ3) is 2.54. The second-order valence-corrected chi connectivity index (χ2v) is 6.91. The fourth-order valence-electron chi connectivity index (χ4n) is 3.78. The van der Waals surface area contributed by atoms with Crippen LogP contribution in [0.5, 0.6) is 0 Å². The van der Waals surface area contributed by atoms with Gasteiger partial charge in [-0.2, -0.15) is 0 Å². The van der Waals surface area contributed by atoms with Gasteiger partial charge in [0.05, 0.1) is 11.2 Å². The van der Waals surface area contributed by atoms with E-state index in [1.165, 1.54) is 30.3 Å². The van der Waals surface area contributed by atoms with Gasteiger partial charge in [-0.3, -0.25) is 9.20 Å². The summed E-state index contributed by atoms with van der Waals surface area (Å²) < 4.78 is 3.00. The van der Waals surface area contributed by atoms with Crippen molar-refractivity contribution in [3.8, 4) is 0 Å². The number of nitrogens with zero attached hydrogens (tertiary/aromatic N) is 2. The molecule has 24 heavy (non-hydrogen) atoms. The maximum absolute atomic E-state index is 12.8. The molecule has 0 atom stereocenters. The normalized spacial score (nSPS) is 14.1. The van der Waals surface area contributed by atoms with Crippen LogP contribution in [-0.2, 0) is 0 Å². The van der Waals surface area contributed by atoms with E-state index in [-0.39, 0.29) is 11.6 Å². The van der Waals surface area contributed by atoms with Crippen LogP contribution in [0.1, 0.15) is 74.1 Å². The van der Waals surface area contributed by atoms with E-state index in [1.807, 2.05) is 32.9 Å². The van der Waals surface area contributed by atoms with Gasteiger partial charge in [0.2, 0.25) is 0 Å². The quantitative estimate of drug-likeness (QED) is 0.733. The molecule has 0 bridgehead atoms. The monoisotopic (exact) mass is 326 g/mol. The Morgan fingerprint density at radius 3 is 2.38 bits per heavy atom. The smallest absolute Gasteiger partial charge is 0.269 e. The molecule has 0 fully saturated rings. The Balaban J connectivity index is 2.00. The van der Waals surface area contributed by atoms with E-state index in [1.54, 1.807) is 4.40 Å². The first-order valence-corrected chi connectivity index (χ1v) is 8.97. The van der Waals surface area contributed by atoms with Crippen molar-refractivity contribution >= 4 is 17.0 Å². The summed E-state index contributed by atoms with van der Waals surface area (Å²) in [5, 5.41) is 0. The standard InChI is InChI=1S/C20H26N2O2/c1-5-6-7-8-9-10-16-15(4)19(23)22-18(16)12-17-13(2)11-14(3)21(17)20(22)24/h11-12H,5-10H2,1-4H3. The number of carbonyl (C=O) groups is 1. The minimum Gasteiger partial charge on any atom is -0.269 e. The number of hydrogen-bond donors (Lipinski definition) is 0. The molecule has 128 valence electrons. The van der Waals surface area contributed by atoms with Crippen LogP contribution in [0.2, 0.25) is 0 Å². The van der Waals surface area contributed by atoms with Crippen LogP contribution in [0, 0.1) is 13.8 Å². The molecule has 3 rings (SSSR count). The van der Waals surface area contributed by atoms with Gasteiger partial charge in [-0.05, 0) is 56.9 Å². The fourth-order valence-corrected chi connectivity index (χ4v) is 3.78. The first kappa shape index (κ1) is 16.7. The number of hydrogen-bond acceptors (Lipinski definition) is 2. The van der Waals surface area contributed by atoms with Gasteiger partial charge >= 0.3 is 5.69 Å². The summed E-state index contributed by atoms with van der Waals surface area (Å²) in [7, 11) is 0. The summed E-state index contributed by atoms with van der Waals surface area (Å²) in [6.45, 7) is 7.97. The maximum Gasteiger partial charge on any atom is 0.340 e. The molecule has 4 nitrogen and oxygen atoms in total. The van der Waals surface area contributed by atoms with Crippen molar-refractivity contribution in [2.24, 2.45) is 0 Å². The summed E-state index contributed by atoms with van der Waals surface area (Å²) in [6, 6.07) is 4.01. The zero-order valence-electron chi connectivity index (χ0n) is 15.1. The Labute approximate surface area is 142 Å². The second kappa shape index (κ2) is 6.42. The highest BCUT2D eigenvalue weighted by Crippen LogP contribution is 2.32. The lowest BCUT2D eigenvalue weighted by molar-refractivity contribution is 0.0955. The maximum atomic E-state index is 12.8. The zero-order valence-corrected chi connectivity index (χ0v) is 15.1. The van der Waals surface area contributed by atoms with Crippen molar-refractivity contribution in [2.75, 3.05) is 0 Å². The minimum absolute atomic E-state index is 0.161. The SMILES string of the molecule is CCCCCCCC1=C(C)C(=O)n2c1cc1c(C)cc(C)n1c2=O. The Morgan fingerprint density at radius 2 is 1.67 bits per heavy atom. The summed E-state index contributed by atoms with van der Waals surface area (Å²) >= 11 is 0. The number of carbonyl (C=O) groups excluding carboxylic acids is 1. The summed E-state index contributed by atoms with van der Waals surface area (Å²) in [5.41, 5.74) is 5.20. The van der Waals surface area contributed by atoms with E-state index >= 15 is 0 Å². The molecule has 0 spiro atoms. The van der Waals surface area contributed by atoms with Gasteiger partial charge in [-0.25, -0.2) is 9.36 Å². The lowest BCUT2D eigenvalue weighted by atomic mass is 10.0. The van der Waals surface area contributed by atoms with E-state index < -0.39 is 0 Å². The van der Waals surface area contributed by atoms with Gasteiger partial charge in [0.15, 0.2) is 0 Å². The molecule has 0 radical (unpaired) electrons. The number of rotatable bonds is 6. The number of aromatic nitrogens is 2. The molecular weight excluding hydrogens is 300 g/mol. The first-order chi connectivity index (χ1) is 11.5. The van der Waals surface area contributed by atoms with Gasteiger partial charge in [0, 0.05) is 11.3 Å². The van der Waals surface area contributed by atoms with Crippen LogP contribution in [0.15, 0.2) is 22.5 Å². The van der Waals surface area contributed by atoms with Crippen LogP contribution >= 0.6 is 0 Å². The van der Waals surface area contributed by atoms with Crippen molar-refractivity contribution in [2.45, 2.75) is 66.2 Å². The summed E-state index contributed by atoms with van der Waals surface area (Å²) in [4.78, 5) is 25.5. The average Bonchev–Trinajstić information content (AvgIpc) is 2.96. The molecule has 1 aliphatic rings. The topological polar surface area (TPSA) is 43.5 Å². The van der Waals surface area contributed by atoms with Crippen LogP contribution in [0.25, 0.3) is 11.1 Å². The van der Waals surface area contributed by atoms with Gasteiger partial charge in [0.1, 0.15) is 0 Å². The second-order valence-electron chi connectivity index (χ2n) is 6.91. The first-order valence-electron chi connectivity index (χ1n) is 8.97. The molecule has 0 saturated carbocycles. The number of unbranched alkanes of at least 4 members (excludes halogenated alkanes) is 4. The molecular formula is C20H26N2O2. The predicted molar refractivity (Wildman–Crippen MR) is 97.7 cm³/mol. The van der Waals surface area contributed by atoms with Crippen molar-refractivity contribution in [1.29, 1.82) is 0 Å². The lowest BCUT2D eigenvalue weighted by Gasteiger charge is -2.09. The molecule has 2 aromatic heterocycles. The van der Waals surface area contributed by atoms with E-state index in [0.29, 0.717) is 0 Å². The fraction of sp³-hybridized carbons (Fsp3) is 0.500. The highest BCUT2D eigenvalue weighted by Gasteiger charge is 2.29. The molecule has 0 aromatic carbocycles. The van der Waals surface area contributed by atoms with E-state index in [2.05, 4.69) is 6.92 Å². The van der Waals surface area contributed by atoms with Crippen LogP contribution < -0.4 is 5.69 Å². The molecule has 0 aliphatic carbocycles. The average molecular weight is 326 g/mol. The largest absolute Gasteiger partial charge is 0.340 e. The highest BCUT2D eigenvalue weighted by molar-refractivity contribution is 6.08. The van der Waals surface area contributed by atoms with Crippen LogP contribution in [0.4, 0.5) is 0 Å². The Bertz CT molecular complexity index is 896. The van der Waals surface area contributed by atoms with E-state index in [0.717, 1.165) is 46.5 Å². The Morgan fingerprint density at radius 1 is 0.958 bits per heavy atom. The zero-order chi connectivity index (χ0) is 17.4. The van der Waals surface area contributed by atoms with E-state index in [4.69, 9.17) is 0 Å². The van der Waals surface area contributed by atoms with Crippen molar-refractivity contribution in [3.05, 3.63) is 45.1 Å². The molecule has 3 heterocycles. The molecule has 2 aromatic rings. The third-order valence-electron chi connectivity index (χ3n) is 5.14. The molecule has 0 unspecified atom stereocenters. The predicted octanol–water partition coefficient (Wildman–Crippen LogP) is 4.51.